The van der Waals surface area contributed by atoms with Gasteiger partial charge in [0.1, 0.15) is 0 Å². The zero-order valence-electron chi connectivity index (χ0n) is 6.45. The highest BCUT2D eigenvalue weighted by Crippen LogP contribution is 2.12. The molecule has 0 spiro atoms. The summed E-state index contributed by atoms with van der Waals surface area (Å²) in [4.78, 5) is 12.6. The quantitative estimate of drug-likeness (QED) is 0.543. The molecule has 0 aliphatic carbocycles. The molecule has 0 radical (unpaired) electrons. The second-order valence-electron chi connectivity index (χ2n) is 2.45. The first kappa shape index (κ1) is 7.85. The Hall–Kier alpha value is -0.780. The number of hydrogen-bond donors (Lipinski definition) is 0. The molecule has 2 rings (SSSR count). The van der Waals surface area contributed by atoms with Crippen molar-refractivity contribution < 1.29 is 0 Å². The lowest BCUT2D eigenvalue weighted by Crippen LogP contribution is -1.94. The molecule has 0 aliphatic heterocycles. The van der Waals surface area contributed by atoms with Gasteiger partial charge in [0.15, 0.2) is 9.48 Å². The van der Waals surface area contributed by atoms with E-state index in [9.17, 15) is 0 Å². The molecule has 0 atom stereocenters. The van der Waals surface area contributed by atoms with E-state index in [4.69, 9.17) is 0 Å². The molecule has 0 amide bonds. The molecule has 0 bridgehead atoms. The highest BCUT2D eigenvalue weighted by atomic mass is 127. The second kappa shape index (κ2) is 2.93. The first-order valence-corrected chi connectivity index (χ1v) is 4.60. The predicted molar refractivity (Wildman–Crippen MR) is 54.8 cm³/mol. The summed E-state index contributed by atoms with van der Waals surface area (Å²) in [5, 5.41) is 1.03. The van der Waals surface area contributed by atoms with E-state index < -0.39 is 0 Å². The van der Waals surface area contributed by atoms with Crippen LogP contribution in [0, 0.1) is 10.8 Å². The maximum Gasteiger partial charge on any atom is 0.193 e. The number of nitrogens with zero attached hydrogens (tertiary/aromatic N) is 3. The molecular weight excluding hydrogens is 265 g/mol. The maximum atomic E-state index is 4.24. The van der Waals surface area contributed by atoms with Crippen LogP contribution in [0.1, 0.15) is 5.69 Å². The van der Waals surface area contributed by atoms with Crippen LogP contribution in [0.4, 0.5) is 0 Å². The van der Waals surface area contributed by atoms with Gasteiger partial charge in [-0.3, -0.25) is 0 Å². The Morgan fingerprint density at radius 1 is 1.33 bits per heavy atom. The van der Waals surface area contributed by atoms with Crippen LogP contribution in [0.15, 0.2) is 18.3 Å². The topological polar surface area (TPSA) is 38.7 Å². The number of rotatable bonds is 0. The smallest absolute Gasteiger partial charge is 0.193 e. The summed E-state index contributed by atoms with van der Waals surface area (Å²) in [6.45, 7) is 1.97. The van der Waals surface area contributed by atoms with Gasteiger partial charge in [-0.1, -0.05) is 0 Å². The van der Waals surface area contributed by atoms with Crippen LogP contribution >= 0.6 is 22.6 Å². The van der Waals surface area contributed by atoms with Crippen molar-refractivity contribution in [2.45, 2.75) is 6.92 Å². The minimum absolute atomic E-state index is 0.747. The Kier molecular flexibility index (Phi) is 1.92. The third kappa shape index (κ3) is 1.26. The van der Waals surface area contributed by atoms with E-state index >= 15 is 0 Å². The van der Waals surface area contributed by atoms with Gasteiger partial charge in [-0.2, -0.15) is 0 Å². The molecule has 0 fully saturated rings. The second-order valence-corrected chi connectivity index (χ2v) is 3.42. The Morgan fingerprint density at radius 2 is 2.17 bits per heavy atom. The number of hydrogen-bond acceptors (Lipinski definition) is 3. The summed E-state index contributed by atoms with van der Waals surface area (Å²) >= 11 is 2.09. The summed E-state index contributed by atoms with van der Waals surface area (Å²) in [5.74, 6) is 0. The van der Waals surface area contributed by atoms with Crippen LogP contribution in [0.25, 0.3) is 11.0 Å². The van der Waals surface area contributed by atoms with Gasteiger partial charge in [0.05, 0.1) is 5.69 Å². The normalized spacial score (nSPS) is 10.5. The first-order valence-electron chi connectivity index (χ1n) is 3.52. The van der Waals surface area contributed by atoms with Crippen molar-refractivity contribution in [1.82, 2.24) is 15.0 Å². The lowest BCUT2D eigenvalue weighted by Gasteiger charge is -1.98. The molecule has 2 aromatic rings. The summed E-state index contributed by atoms with van der Waals surface area (Å²) in [6.07, 6.45) is 1.74. The average molecular weight is 271 g/mol. The monoisotopic (exact) mass is 271 g/mol. The van der Waals surface area contributed by atoms with E-state index in [0.29, 0.717) is 0 Å². The zero-order chi connectivity index (χ0) is 8.55. The van der Waals surface area contributed by atoms with Crippen molar-refractivity contribution in [3.63, 3.8) is 0 Å². The van der Waals surface area contributed by atoms with Crippen molar-refractivity contribution in [2.24, 2.45) is 0 Å². The van der Waals surface area contributed by atoms with Crippen LogP contribution in [-0.2, 0) is 0 Å². The Bertz CT molecular complexity index is 428. The number of fused-ring (bicyclic) bond motifs is 1. The molecule has 0 unspecified atom stereocenters. The van der Waals surface area contributed by atoms with Crippen LogP contribution in [0.2, 0.25) is 0 Å². The van der Waals surface area contributed by atoms with Gasteiger partial charge in [-0.15, -0.1) is 0 Å². The molecule has 3 nitrogen and oxygen atoms in total. The van der Waals surface area contributed by atoms with E-state index in [1.807, 2.05) is 19.1 Å². The number of pyridine rings is 1. The number of aromatic nitrogens is 3. The Morgan fingerprint density at radius 3 is 3.00 bits per heavy atom. The highest BCUT2D eigenvalue weighted by molar-refractivity contribution is 14.1. The van der Waals surface area contributed by atoms with E-state index in [0.717, 1.165) is 20.6 Å². The molecule has 0 saturated carbocycles. The third-order valence-electron chi connectivity index (χ3n) is 1.63. The Labute approximate surface area is 83.4 Å². The number of halogens is 1. The molecule has 2 heterocycles. The van der Waals surface area contributed by atoms with Crippen LogP contribution < -0.4 is 0 Å². The van der Waals surface area contributed by atoms with Crippen molar-refractivity contribution in [3.8, 4) is 0 Å². The predicted octanol–water partition coefficient (Wildman–Crippen LogP) is 1.94. The fraction of sp³-hybridized carbons (Fsp3) is 0.125. The minimum atomic E-state index is 0.747. The van der Waals surface area contributed by atoms with Crippen molar-refractivity contribution >= 4 is 33.6 Å². The molecule has 0 aliphatic rings. The SMILES string of the molecule is Cc1nc(I)nc2ncccc12. The van der Waals surface area contributed by atoms with E-state index in [2.05, 4.69) is 37.5 Å². The van der Waals surface area contributed by atoms with Gasteiger partial charge in [0.25, 0.3) is 0 Å². The number of aryl methyl sites for hydroxylation is 1. The van der Waals surface area contributed by atoms with Crippen molar-refractivity contribution in [1.29, 1.82) is 0 Å². The van der Waals surface area contributed by atoms with Crippen LogP contribution in [-0.4, -0.2) is 15.0 Å². The largest absolute Gasteiger partial charge is 0.236 e. The summed E-state index contributed by atoms with van der Waals surface area (Å²) in [5.41, 5.74) is 1.76. The molecule has 0 saturated heterocycles. The van der Waals surface area contributed by atoms with E-state index in [-0.39, 0.29) is 0 Å². The highest BCUT2D eigenvalue weighted by Gasteiger charge is 2.00. The summed E-state index contributed by atoms with van der Waals surface area (Å²) in [7, 11) is 0. The molecule has 12 heavy (non-hydrogen) atoms. The fourth-order valence-corrected chi connectivity index (χ4v) is 1.67. The molecule has 0 N–H and O–H groups in total. The fourth-order valence-electron chi connectivity index (χ4n) is 1.08. The standard InChI is InChI=1S/C8H6IN3/c1-5-6-3-2-4-10-7(6)12-8(9)11-5/h2-4H,1H3. The lowest BCUT2D eigenvalue weighted by atomic mass is 10.3. The van der Waals surface area contributed by atoms with Crippen LogP contribution in [0.5, 0.6) is 0 Å². The lowest BCUT2D eigenvalue weighted by molar-refractivity contribution is 1.08. The van der Waals surface area contributed by atoms with E-state index in [1.54, 1.807) is 6.20 Å². The zero-order valence-corrected chi connectivity index (χ0v) is 8.61. The maximum absolute atomic E-state index is 4.24. The first-order chi connectivity index (χ1) is 5.77. The Balaban J connectivity index is 2.89. The van der Waals surface area contributed by atoms with Gasteiger partial charge in [-0.25, -0.2) is 15.0 Å². The van der Waals surface area contributed by atoms with Crippen molar-refractivity contribution in [2.75, 3.05) is 0 Å². The summed E-state index contributed by atoms with van der Waals surface area (Å²) < 4.78 is 0.747. The van der Waals surface area contributed by atoms with Crippen LogP contribution in [0.3, 0.4) is 0 Å². The summed E-state index contributed by atoms with van der Waals surface area (Å²) in [6, 6.07) is 3.87. The minimum Gasteiger partial charge on any atom is -0.236 e. The van der Waals surface area contributed by atoms with Gasteiger partial charge in [0, 0.05) is 34.2 Å². The van der Waals surface area contributed by atoms with Gasteiger partial charge in [0.2, 0.25) is 0 Å². The molecule has 60 valence electrons. The average Bonchev–Trinajstić information content (AvgIpc) is 2.04. The van der Waals surface area contributed by atoms with Gasteiger partial charge < -0.3 is 0 Å². The van der Waals surface area contributed by atoms with Crippen molar-refractivity contribution in [3.05, 3.63) is 27.9 Å². The third-order valence-corrected chi connectivity index (χ3v) is 2.12. The molecular formula is C8H6IN3. The van der Waals surface area contributed by atoms with E-state index in [1.165, 1.54) is 0 Å². The molecule has 0 aromatic carbocycles. The molecule has 2 aromatic heterocycles. The van der Waals surface area contributed by atoms with Gasteiger partial charge in [-0.05, 0) is 19.1 Å². The molecule has 4 heteroatoms. The van der Waals surface area contributed by atoms with Gasteiger partial charge >= 0.3 is 0 Å².